The predicted octanol–water partition coefficient (Wildman–Crippen LogP) is 2.16. The molecule has 2 aromatic rings. The molecular formula is C14H13F2NO5S. The third-order valence-electron chi connectivity index (χ3n) is 3.86. The molecule has 1 aliphatic heterocycles. The number of rotatable bonds is 3. The Labute approximate surface area is 130 Å². The number of hydrogen-bond donors (Lipinski definition) is 1. The Balaban J connectivity index is 1.93. The maximum atomic E-state index is 13.9. The van der Waals surface area contributed by atoms with E-state index in [9.17, 15) is 22.0 Å². The SMILES string of the molecule is O=C(O)C1CCN(S(=O)(=O)c2cc3ccccc3o2)CC1(F)F. The zero-order chi connectivity index (χ0) is 16.8. The molecule has 1 saturated heterocycles. The summed E-state index contributed by atoms with van der Waals surface area (Å²) in [7, 11) is -4.25. The van der Waals surface area contributed by atoms with E-state index in [1.165, 1.54) is 6.07 Å². The molecular weight excluding hydrogens is 332 g/mol. The Morgan fingerprint density at radius 3 is 2.65 bits per heavy atom. The number of nitrogens with zero attached hydrogens (tertiary/aromatic N) is 1. The van der Waals surface area contributed by atoms with Crippen LogP contribution in [0.2, 0.25) is 0 Å². The van der Waals surface area contributed by atoms with Crippen LogP contribution < -0.4 is 0 Å². The molecule has 1 aliphatic rings. The van der Waals surface area contributed by atoms with Gasteiger partial charge in [0.15, 0.2) is 0 Å². The van der Waals surface area contributed by atoms with Gasteiger partial charge in [0.1, 0.15) is 11.5 Å². The van der Waals surface area contributed by atoms with E-state index in [0.717, 1.165) is 0 Å². The highest BCUT2D eigenvalue weighted by Crippen LogP contribution is 2.36. The minimum atomic E-state index is -4.25. The van der Waals surface area contributed by atoms with Crippen LogP contribution in [-0.4, -0.2) is 42.8 Å². The molecule has 9 heteroatoms. The summed E-state index contributed by atoms with van der Waals surface area (Å²) in [6, 6.07) is 7.84. The van der Waals surface area contributed by atoms with Gasteiger partial charge in [-0.05, 0) is 12.5 Å². The van der Waals surface area contributed by atoms with E-state index in [-0.39, 0.29) is 6.54 Å². The summed E-state index contributed by atoms with van der Waals surface area (Å²) < 4.78 is 58.6. The second-order valence-electron chi connectivity index (χ2n) is 5.38. The van der Waals surface area contributed by atoms with Crippen molar-refractivity contribution in [2.24, 2.45) is 5.92 Å². The van der Waals surface area contributed by atoms with Crippen molar-refractivity contribution in [3.05, 3.63) is 30.3 Å². The van der Waals surface area contributed by atoms with E-state index in [0.29, 0.717) is 15.3 Å². The highest BCUT2D eigenvalue weighted by Gasteiger charge is 2.51. The number of para-hydroxylation sites is 1. The lowest BCUT2D eigenvalue weighted by molar-refractivity contribution is -0.163. The van der Waals surface area contributed by atoms with E-state index in [4.69, 9.17) is 9.52 Å². The Hall–Kier alpha value is -2.00. The number of benzene rings is 1. The van der Waals surface area contributed by atoms with Gasteiger partial charge in [0.2, 0.25) is 5.09 Å². The van der Waals surface area contributed by atoms with Crippen molar-refractivity contribution in [2.45, 2.75) is 17.4 Å². The quantitative estimate of drug-likeness (QED) is 0.921. The molecule has 0 aliphatic carbocycles. The van der Waals surface area contributed by atoms with Crippen LogP contribution in [0.1, 0.15) is 6.42 Å². The zero-order valence-electron chi connectivity index (χ0n) is 11.8. The minimum Gasteiger partial charge on any atom is -0.481 e. The summed E-state index contributed by atoms with van der Waals surface area (Å²) in [6.45, 7) is -1.48. The molecule has 1 aromatic carbocycles. The standard InChI is InChI=1S/C14H13F2NO5S/c15-14(16)8-17(6-5-10(14)13(18)19)23(20,21)12-7-9-3-1-2-4-11(9)22-12/h1-4,7,10H,5-6,8H2,(H,18,19). The topological polar surface area (TPSA) is 87.8 Å². The fraction of sp³-hybridized carbons (Fsp3) is 0.357. The summed E-state index contributed by atoms with van der Waals surface area (Å²) in [5, 5.41) is 8.92. The summed E-state index contributed by atoms with van der Waals surface area (Å²) in [6.07, 6.45) is -0.457. The summed E-state index contributed by atoms with van der Waals surface area (Å²) in [5.74, 6) is -7.15. The molecule has 0 radical (unpaired) electrons. The van der Waals surface area contributed by atoms with Crippen molar-refractivity contribution < 1.29 is 31.5 Å². The van der Waals surface area contributed by atoms with Gasteiger partial charge in [-0.25, -0.2) is 17.2 Å². The van der Waals surface area contributed by atoms with Gasteiger partial charge in [-0.3, -0.25) is 4.79 Å². The van der Waals surface area contributed by atoms with Crippen molar-refractivity contribution >= 4 is 27.0 Å². The molecule has 6 nitrogen and oxygen atoms in total. The first-order valence-electron chi connectivity index (χ1n) is 6.81. The molecule has 0 saturated carbocycles. The highest BCUT2D eigenvalue weighted by atomic mass is 32.2. The number of hydrogen-bond acceptors (Lipinski definition) is 4. The fourth-order valence-electron chi connectivity index (χ4n) is 2.63. The lowest BCUT2D eigenvalue weighted by atomic mass is 9.94. The lowest BCUT2D eigenvalue weighted by Gasteiger charge is -2.34. The number of alkyl halides is 2. The third-order valence-corrected chi connectivity index (χ3v) is 5.56. The van der Waals surface area contributed by atoms with Gasteiger partial charge in [-0.2, -0.15) is 4.31 Å². The number of furan rings is 1. The first kappa shape index (κ1) is 15.9. The van der Waals surface area contributed by atoms with Crippen LogP contribution in [0.5, 0.6) is 0 Å². The Morgan fingerprint density at radius 2 is 2.04 bits per heavy atom. The van der Waals surface area contributed by atoms with Gasteiger partial charge in [0.05, 0.1) is 6.54 Å². The number of aliphatic carboxylic acids is 1. The van der Waals surface area contributed by atoms with Crippen LogP contribution in [0.15, 0.2) is 39.8 Å². The molecule has 1 aromatic heterocycles. The molecule has 23 heavy (non-hydrogen) atoms. The smallest absolute Gasteiger partial charge is 0.312 e. The van der Waals surface area contributed by atoms with Crippen LogP contribution in [0.4, 0.5) is 8.78 Å². The predicted molar refractivity (Wildman–Crippen MR) is 75.7 cm³/mol. The van der Waals surface area contributed by atoms with Crippen molar-refractivity contribution in [3.63, 3.8) is 0 Å². The third kappa shape index (κ3) is 2.70. The minimum absolute atomic E-state index is 0.300. The van der Waals surface area contributed by atoms with Crippen LogP contribution >= 0.6 is 0 Å². The maximum Gasteiger partial charge on any atom is 0.312 e. The molecule has 1 N–H and O–H groups in total. The highest BCUT2D eigenvalue weighted by molar-refractivity contribution is 7.89. The molecule has 124 valence electrons. The average molecular weight is 345 g/mol. The number of halogens is 2. The van der Waals surface area contributed by atoms with Crippen molar-refractivity contribution in [2.75, 3.05) is 13.1 Å². The van der Waals surface area contributed by atoms with Crippen LogP contribution in [0.25, 0.3) is 11.0 Å². The van der Waals surface area contributed by atoms with Gasteiger partial charge >= 0.3 is 5.97 Å². The molecule has 2 heterocycles. The molecule has 1 atom stereocenters. The number of piperidine rings is 1. The molecule has 0 amide bonds. The van der Waals surface area contributed by atoms with E-state index < -0.39 is 45.9 Å². The zero-order valence-corrected chi connectivity index (χ0v) is 12.6. The second-order valence-corrected chi connectivity index (χ2v) is 7.25. The first-order valence-corrected chi connectivity index (χ1v) is 8.25. The number of carbonyl (C=O) groups is 1. The van der Waals surface area contributed by atoms with E-state index >= 15 is 0 Å². The monoisotopic (exact) mass is 345 g/mol. The Morgan fingerprint density at radius 1 is 1.35 bits per heavy atom. The summed E-state index contributed by atoms with van der Waals surface area (Å²) in [5.41, 5.74) is 0.332. The molecule has 1 unspecified atom stereocenters. The normalized spacial score (nSPS) is 22.3. The number of carboxylic acids is 1. The van der Waals surface area contributed by atoms with Crippen LogP contribution in [-0.2, 0) is 14.8 Å². The number of carboxylic acid groups (broad SMARTS) is 1. The molecule has 0 spiro atoms. The van der Waals surface area contributed by atoms with Crippen molar-refractivity contribution in [1.82, 2.24) is 4.31 Å². The Bertz CT molecular complexity index is 828. The van der Waals surface area contributed by atoms with Gasteiger partial charge in [0, 0.05) is 18.0 Å². The first-order chi connectivity index (χ1) is 10.7. The fourth-order valence-corrected chi connectivity index (χ4v) is 4.04. The number of sulfonamides is 1. The second kappa shape index (κ2) is 5.27. The van der Waals surface area contributed by atoms with Gasteiger partial charge in [-0.1, -0.05) is 18.2 Å². The van der Waals surface area contributed by atoms with Gasteiger partial charge in [0.25, 0.3) is 15.9 Å². The van der Waals surface area contributed by atoms with Gasteiger partial charge < -0.3 is 9.52 Å². The summed E-state index contributed by atoms with van der Waals surface area (Å²) in [4.78, 5) is 10.8. The van der Waals surface area contributed by atoms with Crippen LogP contribution in [0.3, 0.4) is 0 Å². The summed E-state index contributed by atoms with van der Waals surface area (Å²) >= 11 is 0. The van der Waals surface area contributed by atoms with Crippen LogP contribution in [0, 0.1) is 5.92 Å². The molecule has 1 fully saturated rings. The van der Waals surface area contributed by atoms with Gasteiger partial charge in [-0.15, -0.1) is 0 Å². The largest absolute Gasteiger partial charge is 0.481 e. The lowest BCUT2D eigenvalue weighted by Crippen LogP contribution is -2.52. The van der Waals surface area contributed by atoms with E-state index in [1.54, 1.807) is 24.3 Å². The molecule has 0 bridgehead atoms. The average Bonchev–Trinajstić information content (AvgIpc) is 2.90. The molecule has 3 rings (SSSR count). The van der Waals surface area contributed by atoms with Crippen molar-refractivity contribution in [3.8, 4) is 0 Å². The van der Waals surface area contributed by atoms with Crippen molar-refractivity contribution in [1.29, 1.82) is 0 Å². The number of fused-ring (bicyclic) bond motifs is 1. The van der Waals surface area contributed by atoms with E-state index in [1.807, 2.05) is 0 Å². The Kier molecular flexibility index (Phi) is 3.64. The maximum absolute atomic E-state index is 13.9. The van der Waals surface area contributed by atoms with E-state index in [2.05, 4.69) is 0 Å².